The fourth-order valence-electron chi connectivity index (χ4n) is 2.52. The molecule has 0 aliphatic rings. The Morgan fingerprint density at radius 3 is 2.57 bits per heavy atom. The van der Waals surface area contributed by atoms with Crippen LogP contribution in [0.5, 0.6) is 5.75 Å². The Morgan fingerprint density at radius 2 is 1.87 bits per heavy atom. The lowest BCUT2D eigenvalue weighted by Gasteiger charge is -2.15. The largest absolute Gasteiger partial charge is 0.481 e. The molecule has 3 rings (SSSR count). The smallest absolute Gasteiger partial charge is 0.234 e. The van der Waals surface area contributed by atoms with Gasteiger partial charge in [-0.05, 0) is 43.3 Å². The van der Waals surface area contributed by atoms with Crippen LogP contribution in [0.15, 0.2) is 41.6 Å². The van der Waals surface area contributed by atoms with E-state index < -0.39 is 6.10 Å². The molecular formula is C19H16Cl4N4O2S. The third kappa shape index (κ3) is 5.74. The quantitative estimate of drug-likeness (QED) is 0.381. The van der Waals surface area contributed by atoms with Gasteiger partial charge in [0.2, 0.25) is 5.91 Å². The van der Waals surface area contributed by atoms with Crippen LogP contribution < -0.4 is 10.1 Å². The zero-order valence-corrected chi connectivity index (χ0v) is 19.7. The van der Waals surface area contributed by atoms with Crippen molar-refractivity contribution in [2.45, 2.75) is 18.2 Å². The molecule has 1 aromatic heterocycles. The van der Waals surface area contributed by atoms with Crippen molar-refractivity contribution in [3.63, 3.8) is 0 Å². The average molecular weight is 506 g/mol. The molecular weight excluding hydrogens is 490 g/mol. The molecule has 0 radical (unpaired) electrons. The minimum atomic E-state index is -0.416. The van der Waals surface area contributed by atoms with Gasteiger partial charge in [-0.3, -0.25) is 4.79 Å². The minimum absolute atomic E-state index is 0.143. The normalized spacial score (nSPS) is 11.9. The highest BCUT2D eigenvalue weighted by Gasteiger charge is 2.19. The molecule has 0 spiro atoms. The van der Waals surface area contributed by atoms with E-state index in [0.717, 1.165) is 0 Å². The molecule has 0 saturated heterocycles. The number of hydrogen-bond donors (Lipinski definition) is 1. The monoisotopic (exact) mass is 504 g/mol. The van der Waals surface area contributed by atoms with Gasteiger partial charge in [0.25, 0.3) is 0 Å². The number of amides is 1. The van der Waals surface area contributed by atoms with Gasteiger partial charge in [-0.25, -0.2) is 0 Å². The van der Waals surface area contributed by atoms with Crippen LogP contribution in [-0.4, -0.2) is 26.4 Å². The van der Waals surface area contributed by atoms with E-state index in [-0.39, 0.29) is 11.7 Å². The SMILES string of the molecule is CC(Oc1ccc(Cl)cc1Cl)c1nnc(SCC(=O)Nc2ccc(Cl)c(Cl)c2)n1C. The molecule has 11 heteroatoms. The van der Waals surface area contributed by atoms with Crippen LogP contribution in [0.2, 0.25) is 20.1 Å². The van der Waals surface area contributed by atoms with E-state index in [1.807, 2.05) is 6.92 Å². The van der Waals surface area contributed by atoms with Crippen molar-refractivity contribution in [1.82, 2.24) is 14.8 Å². The maximum absolute atomic E-state index is 12.2. The number of aromatic nitrogens is 3. The molecule has 0 saturated carbocycles. The highest BCUT2D eigenvalue weighted by Crippen LogP contribution is 2.31. The predicted molar refractivity (Wildman–Crippen MR) is 122 cm³/mol. The van der Waals surface area contributed by atoms with Crippen molar-refractivity contribution in [3.05, 3.63) is 62.3 Å². The van der Waals surface area contributed by atoms with Gasteiger partial charge in [-0.1, -0.05) is 58.2 Å². The lowest BCUT2D eigenvalue weighted by atomic mass is 10.3. The predicted octanol–water partition coefficient (Wildman–Crippen LogP) is 6.30. The van der Waals surface area contributed by atoms with Crippen molar-refractivity contribution in [3.8, 4) is 5.75 Å². The third-order valence-corrected chi connectivity index (χ3v) is 6.26. The molecule has 0 fully saturated rings. The molecule has 1 atom stereocenters. The first-order chi connectivity index (χ1) is 14.2. The highest BCUT2D eigenvalue weighted by atomic mass is 35.5. The number of rotatable bonds is 7. The summed E-state index contributed by atoms with van der Waals surface area (Å²) >= 11 is 25.2. The highest BCUT2D eigenvalue weighted by molar-refractivity contribution is 7.99. The van der Waals surface area contributed by atoms with Gasteiger partial charge in [0.05, 0.1) is 20.8 Å². The van der Waals surface area contributed by atoms with Crippen LogP contribution in [0.3, 0.4) is 0 Å². The maximum atomic E-state index is 12.2. The van der Waals surface area contributed by atoms with Crippen LogP contribution in [0, 0.1) is 0 Å². The fourth-order valence-corrected chi connectivity index (χ4v) is 3.99. The summed E-state index contributed by atoms with van der Waals surface area (Å²) in [6.45, 7) is 1.83. The number of carbonyl (C=O) groups excluding carboxylic acids is 1. The summed E-state index contributed by atoms with van der Waals surface area (Å²) in [6, 6.07) is 9.89. The standard InChI is InChI=1S/C19H16Cl4N4O2S/c1-10(29-16-6-3-11(20)7-15(16)23)18-25-26-19(27(18)2)30-9-17(28)24-12-4-5-13(21)14(22)8-12/h3-8,10H,9H2,1-2H3,(H,24,28). The van der Waals surface area contributed by atoms with E-state index in [0.29, 0.717) is 42.5 Å². The lowest BCUT2D eigenvalue weighted by Crippen LogP contribution is -2.15. The number of ether oxygens (including phenoxy) is 1. The summed E-state index contributed by atoms with van der Waals surface area (Å²) in [6.07, 6.45) is -0.416. The Bertz CT molecular complexity index is 1080. The molecule has 1 unspecified atom stereocenters. The summed E-state index contributed by atoms with van der Waals surface area (Å²) in [7, 11) is 1.80. The molecule has 0 aliphatic heterocycles. The van der Waals surface area contributed by atoms with Gasteiger partial charge in [-0.2, -0.15) is 0 Å². The molecule has 0 aliphatic carbocycles. The molecule has 158 valence electrons. The second kappa shape index (κ2) is 10.1. The molecule has 1 amide bonds. The average Bonchev–Trinajstić information content (AvgIpc) is 3.06. The first-order valence-corrected chi connectivity index (χ1v) is 11.1. The number of benzene rings is 2. The topological polar surface area (TPSA) is 69.0 Å². The zero-order chi connectivity index (χ0) is 21.8. The Hall–Kier alpha value is -1.64. The van der Waals surface area contributed by atoms with E-state index in [1.54, 1.807) is 48.0 Å². The van der Waals surface area contributed by atoms with Crippen LogP contribution in [-0.2, 0) is 11.8 Å². The van der Waals surface area contributed by atoms with Crippen molar-refractivity contribution in [2.24, 2.45) is 7.05 Å². The van der Waals surface area contributed by atoms with Crippen LogP contribution in [0.4, 0.5) is 5.69 Å². The minimum Gasteiger partial charge on any atom is -0.481 e. The number of hydrogen-bond acceptors (Lipinski definition) is 5. The summed E-state index contributed by atoms with van der Waals surface area (Å²) in [5.74, 6) is 1.02. The van der Waals surface area contributed by atoms with Crippen LogP contribution in [0.1, 0.15) is 18.9 Å². The van der Waals surface area contributed by atoms with Gasteiger partial charge >= 0.3 is 0 Å². The van der Waals surface area contributed by atoms with E-state index in [2.05, 4.69) is 15.5 Å². The van der Waals surface area contributed by atoms with Gasteiger partial charge in [0.1, 0.15) is 5.75 Å². The van der Waals surface area contributed by atoms with Crippen molar-refractivity contribution in [2.75, 3.05) is 11.1 Å². The van der Waals surface area contributed by atoms with E-state index in [9.17, 15) is 4.79 Å². The summed E-state index contributed by atoms with van der Waals surface area (Å²) in [4.78, 5) is 12.2. The lowest BCUT2D eigenvalue weighted by molar-refractivity contribution is -0.113. The number of halogens is 4. The van der Waals surface area contributed by atoms with Crippen LogP contribution >= 0.6 is 58.2 Å². The first-order valence-electron chi connectivity index (χ1n) is 8.63. The summed E-state index contributed by atoms with van der Waals surface area (Å²) < 4.78 is 7.65. The molecule has 1 heterocycles. The van der Waals surface area contributed by atoms with Crippen molar-refractivity contribution in [1.29, 1.82) is 0 Å². The van der Waals surface area contributed by atoms with Gasteiger partial charge < -0.3 is 14.6 Å². The number of anilines is 1. The molecule has 0 bridgehead atoms. The number of nitrogens with zero attached hydrogens (tertiary/aromatic N) is 3. The first kappa shape index (κ1) is 23.0. The Kier molecular flexibility index (Phi) is 7.76. The van der Waals surface area contributed by atoms with E-state index in [4.69, 9.17) is 51.1 Å². The molecule has 3 aromatic rings. The number of nitrogens with one attached hydrogen (secondary N) is 1. The Morgan fingerprint density at radius 1 is 1.10 bits per heavy atom. The number of thioether (sulfide) groups is 1. The van der Waals surface area contributed by atoms with E-state index >= 15 is 0 Å². The van der Waals surface area contributed by atoms with Gasteiger partial charge in [0.15, 0.2) is 17.1 Å². The molecule has 30 heavy (non-hydrogen) atoms. The number of carbonyl (C=O) groups is 1. The summed E-state index contributed by atoms with van der Waals surface area (Å²) in [5.41, 5.74) is 0.565. The Balaban J connectivity index is 1.60. The fraction of sp³-hybridized carbons (Fsp3) is 0.211. The van der Waals surface area contributed by atoms with Crippen LogP contribution in [0.25, 0.3) is 0 Å². The maximum Gasteiger partial charge on any atom is 0.234 e. The Labute approximate surface area is 197 Å². The van der Waals surface area contributed by atoms with Gasteiger partial charge in [0, 0.05) is 17.8 Å². The van der Waals surface area contributed by atoms with Crippen molar-refractivity contribution < 1.29 is 9.53 Å². The van der Waals surface area contributed by atoms with Crippen molar-refractivity contribution >= 4 is 69.8 Å². The zero-order valence-electron chi connectivity index (χ0n) is 15.8. The second-order valence-electron chi connectivity index (χ2n) is 6.20. The molecule has 2 aromatic carbocycles. The molecule has 6 nitrogen and oxygen atoms in total. The van der Waals surface area contributed by atoms with E-state index in [1.165, 1.54) is 11.8 Å². The summed E-state index contributed by atoms with van der Waals surface area (Å²) in [5, 5.41) is 13.4. The van der Waals surface area contributed by atoms with Gasteiger partial charge in [-0.15, -0.1) is 10.2 Å². The third-order valence-electron chi connectivity index (χ3n) is 3.97. The molecule has 1 N–H and O–H groups in total. The second-order valence-corrected chi connectivity index (χ2v) is 8.80.